The van der Waals surface area contributed by atoms with Crippen molar-refractivity contribution in [1.29, 1.82) is 0 Å². The second kappa shape index (κ2) is 2.99. The summed E-state index contributed by atoms with van der Waals surface area (Å²) >= 11 is 0. The van der Waals surface area contributed by atoms with E-state index in [2.05, 4.69) is 0 Å². The Morgan fingerprint density at radius 3 is 2.36 bits per heavy atom. The monoisotopic (exact) mass is 176 g/mol. The van der Waals surface area contributed by atoms with Gasteiger partial charge in [0.2, 0.25) is 5.91 Å². The van der Waals surface area contributed by atoms with Crippen molar-refractivity contribution in [3.8, 4) is 0 Å². The Morgan fingerprint density at radius 2 is 2.00 bits per heavy atom. The first-order valence-electron chi connectivity index (χ1n) is 3.85. The fourth-order valence-electron chi connectivity index (χ4n) is 1.47. The molecule has 0 radical (unpaired) electrons. The zero-order valence-corrected chi connectivity index (χ0v) is 7.14. The van der Waals surface area contributed by atoms with Crippen LogP contribution in [0, 0.1) is 0 Å². The number of halogens is 1. The second-order valence-corrected chi connectivity index (χ2v) is 3.16. The Hall–Kier alpha value is -0.280. The standard InChI is InChI=1S/C7H12N2O.ClH/c8-6-3-4-9(7(6)10)5-1-2-5;/h5-6H,1-4,8H2;1H. The van der Waals surface area contributed by atoms with Crippen LogP contribution in [0.25, 0.3) is 0 Å². The predicted molar refractivity (Wildman–Crippen MR) is 44.6 cm³/mol. The van der Waals surface area contributed by atoms with Gasteiger partial charge in [-0.2, -0.15) is 0 Å². The maximum Gasteiger partial charge on any atom is 0.239 e. The van der Waals surface area contributed by atoms with E-state index >= 15 is 0 Å². The van der Waals surface area contributed by atoms with Gasteiger partial charge in [-0.3, -0.25) is 4.79 Å². The van der Waals surface area contributed by atoms with Gasteiger partial charge in [-0.15, -0.1) is 12.4 Å². The molecule has 1 unspecified atom stereocenters. The number of hydrogen-bond donors (Lipinski definition) is 1. The minimum absolute atomic E-state index is 0. The highest BCUT2D eigenvalue weighted by Gasteiger charge is 2.38. The first-order valence-corrected chi connectivity index (χ1v) is 3.85. The van der Waals surface area contributed by atoms with E-state index in [9.17, 15) is 4.79 Å². The summed E-state index contributed by atoms with van der Waals surface area (Å²) < 4.78 is 0. The van der Waals surface area contributed by atoms with Crippen LogP contribution in [0.2, 0.25) is 0 Å². The SMILES string of the molecule is Cl.NC1CCN(C2CC2)C1=O. The van der Waals surface area contributed by atoms with Gasteiger partial charge in [-0.05, 0) is 19.3 Å². The molecular weight excluding hydrogens is 164 g/mol. The van der Waals surface area contributed by atoms with Gasteiger partial charge in [0, 0.05) is 12.6 Å². The number of rotatable bonds is 1. The molecule has 1 saturated heterocycles. The Labute approximate surface area is 72.3 Å². The van der Waals surface area contributed by atoms with Crippen LogP contribution in [-0.4, -0.2) is 29.4 Å². The zero-order valence-electron chi connectivity index (χ0n) is 6.32. The van der Waals surface area contributed by atoms with Crippen molar-refractivity contribution in [2.75, 3.05) is 6.54 Å². The Morgan fingerprint density at radius 1 is 1.36 bits per heavy atom. The lowest BCUT2D eigenvalue weighted by molar-refractivity contribution is -0.129. The van der Waals surface area contributed by atoms with E-state index in [0.717, 1.165) is 13.0 Å². The quantitative estimate of drug-likeness (QED) is 0.618. The summed E-state index contributed by atoms with van der Waals surface area (Å²) in [6.07, 6.45) is 3.24. The molecule has 1 aliphatic heterocycles. The number of hydrogen-bond acceptors (Lipinski definition) is 2. The van der Waals surface area contributed by atoms with Gasteiger partial charge < -0.3 is 10.6 Å². The van der Waals surface area contributed by atoms with Crippen LogP contribution < -0.4 is 5.73 Å². The maximum atomic E-state index is 11.2. The topological polar surface area (TPSA) is 46.3 Å². The van der Waals surface area contributed by atoms with Gasteiger partial charge in [-0.1, -0.05) is 0 Å². The van der Waals surface area contributed by atoms with Crippen molar-refractivity contribution in [1.82, 2.24) is 4.90 Å². The number of amides is 1. The fourth-order valence-corrected chi connectivity index (χ4v) is 1.47. The number of nitrogens with two attached hydrogens (primary N) is 1. The van der Waals surface area contributed by atoms with E-state index < -0.39 is 0 Å². The zero-order chi connectivity index (χ0) is 7.14. The molecule has 0 aromatic heterocycles. The molecule has 4 heteroatoms. The Bertz CT molecular complexity index is 170. The van der Waals surface area contributed by atoms with E-state index in [0.29, 0.717) is 6.04 Å². The molecule has 1 saturated carbocycles. The van der Waals surface area contributed by atoms with E-state index in [4.69, 9.17) is 5.73 Å². The van der Waals surface area contributed by atoms with Crippen molar-refractivity contribution in [2.45, 2.75) is 31.3 Å². The van der Waals surface area contributed by atoms with E-state index in [1.807, 2.05) is 4.90 Å². The summed E-state index contributed by atoms with van der Waals surface area (Å²) in [5, 5.41) is 0. The largest absolute Gasteiger partial charge is 0.338 e. The molecule has 2 N–H and O–H groups in total. The van der Waals surface area contributed by atoms with E-state index in [1.165, 1.54) is 12.8 Å². The predicted octanol–water partition coefficient (Wildman–Crippen LogP) is 0.130. The molecule has 64 valence electrons. The summed E-state index contributed by atoms with van der Waals surface area (Å²) in [6.45, 7) is 0.894. The maximum absolute atomic E-state index is 11.2. The van der Waals surface area contributed by atoms with Gasteiger partial charge in [0.25, 0.3) is 0 Å². The number of nitrogens with zero attached hydrogens (tertiary/aromatic N) is 1. The van der Waals surface area contributed by atoms with Crippen molar-refractivity contribution < 1.29 is 4.79 Å². The molecule has 2 fully saturated rings. The normalized spacial score (nSPS) is 30.5. The first-order chi connectivity index (χ1) is 4.79. The van der Waals surface area contributed by atoms with Crippen molar-refractivity contribution in [2.24, 2.45) is 5.73 Å². The molecule has 3 nitrogen and oxygen atoms in total. The van der Waals surface area contributed by atoms with Crippen LogP contribution in [0.3, 0.4) is 0 Å². The lowest BCUT2D eigenvalue weighted by Gasteiger charge is -2.13. The Balaban J connectivity index is 0.000000605. The smallest absolute Gasteiger partial charge is 0.239 e. The lowest BCUT2D eigenvalue weighted by Crippen LogP contribution is -2.35. The third kappa shape index (κ3) is 1.49. The van der Waals surface area contributed by atoms with Gasteiger partial charge >= 0.3 is 0 Å². The summed E-state index contributed by atoms with van der Waals surface area (Å²) in [5.74, 6) is 0.169. The van der Waals surface area contributed by atoms with Crippen molar-refractivity contribution >= 4 is 18.3 Å². The lowest BCUT2D eigenvalue weighted by atomic mass is 10.3. The van der Waals surface area contributed by atoms with Crippen LogP contribution in [0.4, 0.5) is 0 Å². The van der Waals surface area contributed by atoms with Gasteiger partial charge in [0.15, 0.2) is 0 Å². The molecule has 11 heavy (non-hydrogen) atoms. The average Bonchev–Trinajstić information content (AvgIpc) is 2.67. The molecule has 0 aromatic rings. The average molecular weight is 177 g/mol. The van der Waals surface area contributed by atoms with Gasteiger partial charge in [0.1, 0.15) is 0 Å². The summed E-state index contributed by atoms with van der Waals surface area (Å²) in [6, 6.07) is 0.363. The molecule has 1 amide bonds. The van der Waals surface area contributed by atoms with Crippen molar-refractivity contribution in [3.05, 3.63) is 0 Å². The highest BCUT2D eigenvalue weighted by atomic mass is 35.5. The number of carbonyl (C=O) groups excluding carboxylic acids is 1. The molecule has 2 aliphatic rings. The highest BCUT2D eigenvalue weighted by Crippen LogP contribution is 2.29. The number of likely N-dealkylation sites (tertiary alicyclic amines) is 1. The summed E-state index contributed by atoms with van der Waals surface area (Å²) in [5.41, 5.74) is 5.54. The van der Waals surface area contributed by atoms with Crippen LogP contribution in [0.5, 0.6) is 0 Å². The number of carbonyl (C=O) groups is 1. The third-order valence-electron chi connectivity index (χ3n) is 2.27. The Kier molecular flexibility index (Phi) is 2.40. The van der Waals surface area contributed by atoms with Crippen LogP contribution in [-0.2, 0) is 4.79 Å². The molecule has 2 rings (SSSR count). The molecule has 0 spiro atoms. The van der Waals surface area contributed by atoms with Crippen LogP contribution >= 0.6 is 12.4 Å². The molecule has 1 heterocycles. The second-order valence-electron chi connectivity index (χ2n) is 3.16. The summed E-state index contributed by atoms with van der Waals surface area (Å²) in [7, 11) is 0. The molecule has 0 aromatic carbocycles. The first kappa shape index (κ1) is 8.81. The van der Waals surface area contributed by atoms with E-state index in [1.54, 1.807) is 0 Å². The highest BCUT2D eigenvalue weighted by molar-refractivity contribution is 5.85. The molecule has 1 atom stereocenters. The minimum Gasteiger partial charge on any atom is -0.338 e. The van der Waals surface area contributed by atoms with Crippen LogP contribution in [0.15, 0.2) is 0 Å². The van der Waals surface area contributed by atoms with Gasteiger partial charge in [0.05, 0.1) is 6.04 Å². The molecule has 1 aliphatic carbocycles. The molecule has 0 bridgehead atoms. The van der Waals surface area contributed by atoms with Gasteiger partial charge in [-0.25, -0.2) is 0 Å². The van der Waals surface area contributed by atoms with Crippen LogP contribution in [0.1, 0.15) is 19.3 Å². The minimum atomic E-state index is -0.194. The fraction of sp³-hybridized carbons (Fsp3) is 0.857. The van der Waals surface area contributed by atoms with E-state index in [-0.39, 0.29) is 24.4 Å². The third-order valence-corrected chi connectivity index (χ3v) is 2.27. The summed E-state index contributed by atoms with van der Waals surface area (Å²) in [4.78, 5) is 13.1. The van der Waals surface area contributed by atoms with Crippen molar-refractivity contribution in [3.63, 3.8) is 0 Å². The molecular formula is C7H13ClN2O.